The SMILES string of the molecule is CN(c1c(C#N)c(=O)n(C)c(=O)n1C)C(c1ccc(F)cc1)C1CC1. The lowest BCUT2D eigenvalue weighted by Crippen LogP contribution is -2.42. The van der Waals surface area contributed by atoms with E-state index < -0.39 is 11.2 Å². The smallest absolute Gasteiger partial charge is 0.332 e. The Balaban J connectivity index is 2.18. The highest BCUT2D eigenvalue weighted by molar-refractivity contribution is 5.55. The average molecular weight is 342 g/mol. The number of hydrogen-bond donors (Lipinski definition) is 0. The molecule has 1 aromatic heterocycles. The van der Waals surface area contributed by atoms with Crippen LogP contribution in [0.4, 0.5) is 10.2 Å². The number of anilines is 1. The number of benzene rings is 1. The first-order valence-electron chi connectivity index (χ1n) is 8.05. The zero-order valence-corrected chi connectivity index (χ0v) is 14.4. The van der Waals surface area contributed by atoms with Crippen LogP contribution in [0, 0.1) is 23.1 Å². The number of rotatable bonds is 4. The zero-order valence-electron chi connectivity index (χ0n) is 14.4. The molecule has 3 rings (SSSR count). The van der Waals surface area contributed by atoms with E-state index in [2.05, 4.69) is 0 Å². The topological polar surface area (TPSA) is 71.0 Å². The van der Waals surface area contributed by atoms with E-state index in [1.807, 2.05) is 6.07 Å². The fourth-order valence-corrected chi connectivity index (χ4v) is 3.36. The third kappa shape index (κ3) is 2.84. The maximum atomic E-state index is 13.3. The Labute approximate surface area is 144 Å². The highest BCUT2D eigenvalue weighted by Gasteiger charge is 2.37. The second kappa shape index (κ2) is 6.20. The van der Waals surface area contributed by atoms with E-state index in [1.165, 1.54) is 23.7 Å². The van der Waals surface area contributed by atoms with Crippen LogP contribution in [-0.4, -0.2) is 16.2 Å². The molecule has 1 aliphatic rings. The largest absolute Gasteiger partial charge is 0.352 e. The van der Waals surface area contributed by atoms with Gasteiger partial charge in [0.2, 0.25) is 0 Å². The van der Waals surface area contributed by atoms with Crippen molar-refractivity contribution in [3.05, 3.63) is 62.0 Å². The molecule has 1 aliphatic carbocycles. The fourth-order valence-electron chi connectivity index (χ4n) is 3.36. The van der Waals surface area contributed by atoms with Gasteiger partial charge in [0.25, 0.3) is 5.56 Å². The van der Waals surface area contributed by atoms with Crippen molar-refractivity contribution in [3.8, 4) is 6.07 Å². The summed E-state index contributed by atoms with van der Waals surface area (Å²) in [6.45, 7) is 0. The Bertz CT molecular complexity index is 965. The fraction of sp³-hybridized carbons (Fsp3) is 0.389. The summed E-state index contributed by atoms with van der Waals surface area (Å²) >= 11 is 0. The Morgan fingerprint density at radius 2 is 1.80 bits per heavy atom. The molecule has 0 saturated heterocycles. The zero-order chi connectivity index (χ0) is 18.3. The standard InChI is InChI=1S/C18H19FN4O2/c1-21(15(11-4-5-11)12-6-8-13(19)9-7-12)16-14(10-20)17(24)23(3)18(25)22(16)2/h6-9,11,15H,4-5H2,1-3H3. The molecule has 1 aromatic carbocycles. The quantitative estimate of drug-likeness (QED) is 0.848. The van der Waals surface area contributed by atoms with Gasteiger partial charge in [0, 0.05) is 21.1 Å². The number of hydrogen-bond acceptors (Lipinski definition) is 4. The van der Waals surface area contributed by atoms with E-state index in [0.29, 0.717) is 5.92 Å². The number of halogens is 1. The molecule has 0 N–H and O–H groups in total. The van der Waals surface area contributed by atoms with E-state index in [-0.39, 0.29) is 23.2 Å². The predicted molar refractivity (Wildman–Crippen MR) is 91.9 cm³/mol. The second-order valence-corrected chi connectivity index (χ2v) is 6.46. The van der Waals surface area contributed by atoms with Crippen LogP contribution in [0.5, 0.6) is 0 Å². The Hall–Kier alpha value is -2.88. The first-order chi connectivity index (χ1) is 11.9. The molecule has 130 valence electrons. The summed E-state index contributed by atoms with van der Waals surface area (Å²) in [7, 11) is 4.66. The minimum Gasteiger partial charge on any atom is -0.352 e. The molecule has 1 unspecified atom stereocenters. The van der Waals surface area contributed by atoms with Crippen molar-refractivity contribution in [1.82, 2.24) is 9.13 Å². The van der Waals surface area contributed by atoms with Gasteiger partial charge in [0.1, 0.15) is 17.7 Å². The minimum absolute atomic E-state index is 0.0696. The van der Waals surface area contributed by atoms with Gasteiger partial charge in [-0.1, -0.05) is 12.1 Å². The molecule has 0 bridgehead atoms. The summed E-state index contributed by atoms with van der Waals surface area (Å²) < 4.78 is 15.5. The Morgan fingerprint density at radius 3 is 2.32 bits per heavy atom. The van der Waals surface area contributed by atoms with Crippen molar-refractivity contribution in [2.75, 3.05) is 11.9 Å². The molecule has 7 heteroatoms. The van der Waals surface area contributed by atoms with Crippen LogP contribution in [0.1, 0.15) is 30.0 Å². The van der Waals surface area contributed by atoms with E-state index >= 15 is 0 Å². The number of nitriles is 1. The van der Waals surface area contributed by atoms with Crippen molar-refractivity contribution >= 4 is 5.82 Å². The van der Waals surface area contributed by atoms with E-state index in [4.69, 9.17) is 0 Å². The van der Waals surface area contributed by atoms with Crippen LogP contribution in [0.3, 0.4) is 0 Å². The van der Waals surface area contributed by atoms with Gasteiger partial charge >= 0.3 is 5.69 Å². The molecule has 2 aromatic rings. The summed E-state index contributed by atoms with van der Waals surface area (Å²) in [5.74, 6) is 0.303. The molecule has 1 heterocycles. The first-order valence-corrected chi connectivity index (χ1v) is 8.05. The molecule has 1 fully saturated rings. The lowest BCUT2D eigenvalue weighted by molar-refractivity contribution is 0.562. The molecule has 6 nitrogen and oxygen atoms in total. The maximum absolute atomic E-state index is 13.3. The van der Waals surface area contributed by atoms with Crippen molar-refractivity contribution in [1.29, 1.82) is 5.26 Å². The van der Waals surface area contributed by atoms with E-state index in [1.54, 1.807) is 31.1 Å². The molecular weight excluding hydrogens is 323 g/mol. The summed E-state index contributed by atoms with van der Waals surface area (Å²) in [6.07, 6.45) is 2.01. The van der Waals surface area contributed by atoms with Gasteiger partial charge in [-0.25, -0.2) is 9.18 Å². The molecule has 1 atom stereocenters. The van der Waals surface area contributed by atoms with Crippen LogP contribution in [0.2, 0.25) is 0 Å². The Morgan fingerprint density at radius 1 is 1.20 bits per heavy atom. The normalized spacial score (nSPS) is 14.8. The third-order valence-corrected chi connectivity index (χ3v) is 4.78. The summed E-state index contributed by atoms with van der Waals surface area (Å²) in [4.78, 5) is 26.4. The van der Waals surface area contributed by atoms with Crippen LogP contribution < -0.4 is 16.1 Å². The summed E-state index contributed by atoms with van der Waals surface area (Å²) in [5, 5.41) is 9.48. The van der Waals surface area contributed by atoms with Gasteiger partial charge in [-0.3, -0.25) is 13.9 Å². The molecule has 0 spiro atoms. The number of nitrogens with zero attached hydrogens (tertiary/aromatic N) is 4. The van der Waals surface area contributed by atoms with Crippen molar-refractivity contribution in [2.24, 2.45) is 20.0 Å². The third-order valence-electron chi connectivity index (χ3n) is 4.78. The molecule has 1 saturated carbocycles. The second-order valence-electron chi connectivity index (χ2n) is 6.46. The molecule has 0 radical (unpaired) electrons. The van der Waals surface area contributed by atoms with Crippen LogP contribution in [0.15, 0.2) is 33.9 Å². The van der Waals surface area contributed by atoms with Crippen molar-refractivity contribution in [2.45, 2.75) is 18.9 Å². The summed E-state index contributed by atoms with van der Waals surface area (Å²) in [6, 6.07) is 8.01. The lowest BCUT2D eigenvalue weighted by Gasteiger charge is -2.32. The average Bonchev–Trinajstić information content (AvgIpc) is 3.42. The van der Waals surface area contributed by atoms with Crippen LogP contribution >= 0.6 is 0 Å². The highest BCUT2D eigenvalue weighted by Crippen LogP contribution is 2.45. The van der Waals surface area contributed by atoms with Crippen LogP contribution in [-0.2, 0) is 14.1 Å². The monoisotopic (exact) mass is 342 g/mol. The predicted octanol–water partition coefficient (Wildman–Crippen LogP) is 1.68. The maximum Gasteiger partial charge on any atom is 0.332 e. The highest BCUT2D eigenvalue weighted by atomic mass is 19.1. The number of aromatic nitrogens is 2. The molecule has 25 heavy (non-hydrogen) atoms. The van der Waals surface area contributed by atoms with Crippen molar-refractivity contribution < 1.29 is 4.39 Å². The Kier molecular flexibility index (Phi) is 4.21. The van der Waals surface area contributed by atoms with Gasteiger partial charge < -0.3 is 4.90 Å². The van der Waals surface area contributed by atoms with Gasteiger partial charge in [0.15, 0.2) is 5.56 Å². The van der Waals surface area contributed by atoms with Crippen molar-refractivity contribution in [3.63, 3.8) is 0 Å². The van der Waals surface area contributed by atoms with Gasteiger partial charge in [-0.2, -0.15) is 5.26 Å². The van der Waals surface area contributed by atoms with Crippen LogP contribution in [0.25, 0.3) is 0 Å². The molecule has 0 aliphatic heterocycles. The molecule has 0 amide bonds. The van der Waals surface area contributed by atoms with E-state index in [0.717, 1.165) is 23.0 Å². The summed E-state index contributed by atoms with van der Waals surface area (Å²) in [5.41, 5.74) is -0.274. The van der Waals surface area contributed by atoms with Gasteiger partial charge in [0.05, 0.1) is 6.04 Å². The lowest BCUT2D eigenvalue weighted by atomic mass is 10.0. The van der Waals surface area contributed by atoms with E-state index in [9.17, 15) is 19.2 Å². The molecular formula is C18H19FN4O2. The van der Waals surface area contributed by atoms with Gasteiger partial charge in [-0.05, 0) is 36.5 Å². The minimum atomic E-state index is -0.610. The van der Waals surface area contributed by atoms with Gasteiger partial charge in [-0.15, -0.1) is 0 Å². The first kappa shape index (κ1) is 17.0.